The Morgan fingerprint density at radius 3 is 2.59 bits per heavy atom. The number of nitrogens with two attached hydrogens (primary N) is 1. The van der Waals surface area contributed by atoms with Crippen molar-refractivity contribution in [1.29, 1.82) is 0 Å². The summed E-state index contributed by atoms with van der Waals surface area (Å²) < 4.78 is 5.30. The fourth-order valence-corrected chi connectivity index (χ4v) is 2.08. The van der Waals surface area contributed by atoms with E-state index in [1.807, 2.05) is 37.3 Å². The van der Waals surface area contributed by atoms with Gasteiger partial charge in [0.2, 0.25) is 11.7 Å². The van der Waals surface area contributed by atoms with Crippen molar-refractivity contribution in [2.75, 3.05) is 0 Å². The van der Waals surface area contributed by atoms with Crippen molar-refractivity contribution in [2.45, 2.75) is 18.9 Å². The molecule has 0 saturated heterocycles. The van der Waals surface area contributed by atoms with Gasteiger partial charge in [-0.3, -0.25) is 0 Å². The smallest absolute Gasteiger partial charge is 0.247 e. The van der Waals surface area contributed by atoms with Crippen LogP contribution < -0.4 is 5.73 Å². The molecule has 2 N–H and O–H groups in total. The molecular weight excluding hydrogens is 302 g/mol. The Hall–Kier alpha value is -2.31. The molecule has 3 aromatic rings. The Bertz CT molecular complexity index is 715. The maximum absolute atomic E-state index is 6.33. The zero-order chi connectivity index (χ0) is 14.7. The van der Waals surface area contributed by atoms with Crippen LogP contribution >= 0.6 is 12.4 Å². The van der Waals surface area contributed by atoms with Gasteiger partial charge < -0.3 is 10.3 Å². The molecule has 6 nitrogen and oxygen atoms in total. The van der Waals surface area contributed by atoms with Crippen LogP contribution in [0.2, 0.25) is 0 Å². The molecule has 2 heterocycles. The molecule has 0 bridgehead atoms. The van der Waals surface area contributed by atoms with Crippen molar-refractivity contribution in [3.63, 3.8) is 0 Å². The van der Waals surface area contributed by atoms with Crippen molar-refractivity contribution >= 4 is 12.4 Å². The predicted octanol–water partition coefficient (Wildman–Crippen LogP) is 2.37. The van der Waals surface area contributed by atoms with Crippen LogP contribution in [0.5, 0.6) is 0 Å². The number of nitrogens with zero attached hydrogens (tertiary/aromatic N) is 4. The van der Waals surface area contributed by atoms with Crippen LogP contribution in [0, 0.1) is 0 Å². The molecule has 114 valence electrons. The van der Waals surface area contributed by atoms with Crippen molar-refractivity contribution < 1.29 is 4.52 Å². The van der Waals surface area contributed by atoms with Crippen molar-refractivity contribution in [3.05, 3.63) is 60.1 Å². The van der Waals surface area contributed by atoms with Crippen molar-refractivity contribution in [2.24, 2.45) is 5.73 Å². The van der Waals surface area contributed by atoms with Crippen LogP contribution in [0.1, 0.15) is 18.4 Å². The van der Waals surface area contributed by atoms with Gasteiger partial charge in [0, 0.05) is 6.20 Å². The molecule has 0 unspecified atom stereocenters. The molecule has 0 aliphatic heterocycles. The first kappa shape index (κ1) is 16.1. The monoisotopic (exact) mass is 317 g/mol. The minimum atomic E-state index is -0.741. The number of halogens is 1. The van der Waals surface area contributed by atoms with Crippen LogP contribution in [0.25, 0.3) is 11.5 Å². The normalized spacial score (nSPS) is 13.2. The van der Waals surface area contributed by atoms with Crippen molar-refractivity contribution in [1.82, 2.24) is 20.3 Å². The van der Waals surface area contributed by atoms with E-state index in [-0.39, 0.29) is 12.4 Å². The largest absolute Gasteiger partial charge is 0.337 e. The van der Waals surface area contributed by atoms with E-state index in [1.165, 1.54) is 0 Å². The number of hydrogen-bond donors (Lipinski definition) is 1. The fourth-order valence-electron chi connectivity index (χ4n) is 2.08. The van der Waals surface area contributed by atoms with Gasteiger partial charge in [-0.15, -0.1) is 17.5 Å². The Morgan fingerprint density at radius 2 is 1.91 bits per heavy atom. The summed E-state index contributed by atoms with van der Waals surface area (Å²) in [4.78, 5) is 4.34. The van der Waals surface area contributed by atoms with Gasteiger partial charge in [0.15, 0.2) is 0 Å². The lowest BCUT2D eigenvalue weighted by atomic mass is 9.94. The minimum absolute atomic E-state index is 0. The third-order valence-corrected chi connectivity index (χ3v) is 3.13. The predicted molar refractivity (Wildman–Crippen MR) is 84.3 cm³/mol. The number of benzene rings is 1. The lowest BCUT2D eigenvalue weighted by molar-refractivity contribution is 0.296. The summed E-state index contributed by atoms with van der Waals surface area (Å²) in [5, 5.41) is 11.7. The molecule has 0 fully saturated rings. The molecule has 7 heteroatoms. The van der Waals surface area contributed by atoms with Gasteiger partial charge in [-0.25, -0.2) is 0 Å². The standard InChI is InChI=1S/C15H15N5O.ClH/c1-15(16,10-11-6-3-2-4-7-11)14-18-13(20-21-14)12-8-5-9-17-19-12;/h2-9H,10,16H2,1H3;1H/t15-;/m0./s1. The molecular formula is C15H16ClN5O. The summed E-state index contributed by atoms with van der Waals surface area (Å²) in [6.45, 7) is 1.87. The molecule has 0 amide bonds. The van der Waals surface area contributed by atoms with E-state index in [4.69, 9.17) is 10.3 Å². The van der Waals surface area contributed by atoms with Crippen molar-refractivity contribution in [3.8, 4) is 11.5 Å². The Labute approximate surface area is 134 Å². The second kappa shape index (κ2) is 6.64. The molecule has 0 aliphatic carbocycles. The average Bonchev–Trinajstić information content (AvgIpc) is 2.99. The SMILES string of the molecule is C[C@](N)(Cc1ccccc1)c1nc(-c2cccnn2)no1.Cl. The first-order chi connectivity index (χ1) is 10.1. The van der Waals surface area contributed by atoms with E-state index in [1.54, 1.807) is 18.3 Å². The van der Waals surface area contributed by atoms with Gasteiger partial charge >= 0.3 is 0 Å². The second-order valence-electron chi connectivity index (χ2n) is 5.11. The maximum Gasteiger partial charge on any atom is 0.247 e. The first-order valence-electron chi connectivity index (χ1n) is 6.60. The lowest BCUT2D eigenvalue weighted by Gasteiger charge is -2.19. The Balaban J connectivity index is 0.00000176. The number of aromatic nitrogens is 4. The molecule has 0 spiro atoms. The van der Waals surface area contributed by atoms with Crippen LogP contribution in [-0.2, 0) is 12.0 Å². The van der Waals surface area contributed by atoms with Gasteiger partial charge in [0.1, 0.15) is 5.69 Å². The Kier molecular flexibility index (Phi) is 4.85. The summed E-state index contributed by atoms with van der Waals surface area (Å²) in [6, 6.07) is 13.5. The highest BCUT2D eigenvalue weighted by Crippen LogP contribution is 2.23. The second-order valence-corrected chi connectivity index (χ2v) is 5.11. The topological polar surface area (TPSA) is 90.7 Å². The number of rotatable bonds is 4. The van der Waals surface area contributed by atoms with Gasteiger partial charge in [0.05, 0.1) is 5.54 Å². The zero-order valence-electron chi connectivity index (χ0n) is 12.0. The van der Waals surface area contributed by atoms with E-state index >= 15 is 0 Å². The van der Waals surface area contributed by atoms with Crippen LogP contribution in [0.3, 0.4) is 0 Å². The molecule has 0 saturated carbocycles. The van der Waals surface area contributed by atoms with Gasteiger partial charge in [-0.2, -0.15) is 10.1 Å². The molecule has 1 aromatic carbocycles. The van der Waals surface area contributed by atoms with E-state index in [0.717, 1.165) is 5.56 Å². The highest BCUT2D eigenvalue weighted by molar-refractivity contribution is 5.85. The summed E-state index contributed by atoms with van der Waals surface area (Å²) in [7, 11) is 0. The molecule has 3 rings (SSSR count). The summed E-state index contributed by atoms with van der Waals surface area (Å²) in [5.74, 6) is 0.773. The minimum Gasteiger partial charge on any atom is -0.337 e. The van der Waals surface area contributed by atoms with Crippen LogP contribution in [0.4, 0.5) is 0 Å². The zero-order valence-corrected chi connectivity index (χ0v) is 12.8. The third-order valence-electron chi connectivity index (χ3n) is 3.13. The van der Waals surface area contributed by atoms with Gasteiger partial charge in [-0.1, -0.05) is 35.5 Å². The van der Waals surface area contributed by atoms with E-state index in [0.29, 0.717) is 23.8 Å². The van der Waals surface area contributed by atoms with E-state index < -0.39 is 5.54 Å². The van der Waals surface area contributed by atoms with Crippen LogP contribution in [0.15, 0.2) is 53.2 Å². The quantitative estimate of drug-likeness (QED) is 0.794. The van der Waals surface area contributed by atoms with E-state index in [2.05, 4.69) is 20.3 Å². The summed E-state index contributed by atoms with van der Waals surface area (Å²) in [5.41, 5.74) is 7.26. The third kappa shape index (κ3) is 3.47. The van der Waals surface area contributed by atoms with Crippen LogP contribution in [-0.4, -0.2) is 20.3 Å². The summed E-state index contributed by atoms with van der Waals surface area (Å²) >= 11 is 0. The van der Waals surface area contributed by atoms with E-state index in [9.17, 15) is 0 Å². The average molecular weight is 318 g/mol. The van der Waals surface area contributed by atoms with Gasteiger partial charge in [0.25, 0.3) is 0 Å². The molecule has 0 radical (unpaired) electrons. The van der Waals surface area contributed by atoms with Gasteiger partial charge in [-0.05, 0) is 31.0 Å². The fraction of sp³-hybridized carbons (Fsp3) is 0.200. The Morgan fingerprint density at radius 1 is 1.14 bits per heavy atom. The molecule has 22 heavy (non-hydrogen) atoms. The summed E-state index contributed by atoms with van der Waals surface area (Å²) in [6.07, 6.45) is 2.20. The molecule has 1 atom stereocenters. The highest BCUT2D eigenvalue weighted by atomic mass is 35.5. The number of hydrogen-bond acceptors (Lipinski definition) is 6. The lowest BCUT2D eigenvalue weighted by Crippen LogP contribution is -2.35. The first-order valence-corrected chi connectivity index (χ1v) is 6.60. The highest BCUT2D eigenvalue weighted by Gasteiger charge is 2.29. The maximum atomic E-state index is 6.33. The molecule has 0 aliphatic rings. The molecule has 2 aromatic heterocycles.